The molecule has 0 aromatic carbocycles. The van der Waals surface area contributed by atoms with Crippen molar-refractivity contribution in [3.8, 4) is 0 Å². The van der Waals surface area contributed by atoms with E-state index in [-0.39, 0.29) is 35.0 Å². The first kappa shape index (κ1) is 16.0. The topological polar surface area (TPSA) is 31.5 Å². The maximum absolute atomic E-state index is 2.23. The van der Waals surface area contributed by atoms with Gasteiger partial charge in [0.2, 0.25) is 0 Å². The van der Waals surface area contributed by atoms with E-state index in [9.17, 15) is 0 Å². The molecule has 8 heavy (non-hydrogen) atoms. The summed E-state index contributed by atoms with van der Waals surface area (Å²) in [6.07, 6.45) is 5.54. The Morgan fingerprint density at radius 1 is 0.875 bits per heavy atom. The third kappa shape index (κ3) is 15.8. The van der Waals surface area contributed by atoms with Gasteiger partial charge in [-0.05, 0) is 0 Å². The van der Waals surface area contributed by atoms with Crippen LogP contribution in [0.4, 0.5) is 0 Å². The number of hydrogen-bond acceptors (Lipinski definition) is 0. The van der Waals surface area contributed by atoms with Crippen molar-refractivity contribution in [3.05, 3.63) is 0 Å². The van der Waals surface area contributed by atoms with Crippen LogP contribution >= 0.6 is 0 Å². The van der Waals surface area contributed by atoms with Gasteiger partial charge in [0.25, 0.3) is 0 Å². The predicted octanol–water partition coefficient (Wildman–Crippen LogP) is 1.11. The molecule has 0 fully saturated rings. The molecule has 0 rings (SSSR count). The Kier molecular flexibility index (Phi) is 31.3. The van der Waals surface area contributed by atoms with Crippen molar-refractivity contribution in [3.63, 3.8) is 0 Å². The number of rotatable bonds is 3. The Labute approximate surface area is 74.5 Å². The van der Waals surface area contributed by atoms with Gasteiger partial charge in [-0.3, -0.25) is 0 Å². The maximum atomic E-state index is 2.23. The molecule has 0 aliphatic carbocycles. The molecule has 48 valence electrons. The van der Waals surface area contributed by atoms with Gasteiger partial charge in [0, 0.05) is 0 Å². The summed E-state index contributed by atoms with van der Waals surface area (Å²) in [6.45, 7) is 4.46. The first-order chi connectivity index (χ1) is 2.91. The molecule has 0 radical (unpaired) electrons. The molecular weight excluding hydrogens is 111 g/mol. The van der Waals surface area contributed by atoms with E-state index in [1.807, 2.05) is 0 Å². The van der Waals surface area contributed by atoms with Crippen LogP contribution in [0.3, 0.4) is 0 Å². The van der Waals surface area contributed by atoms with Crippen LogP contribution in [-0.4, -0.2) is 35.0 Å². The van der Waals surface area contributed by atoms with Crippen molar-refractivity contribution in [1.82, 2.24) is 0 Å². The Balaban J connectivity index is -0.000000125. The fraction of sp³-hybridized carbons (Fsp3) is 1.00. The van der Waals surface area contributed by atoms with Gasteiger partial charge in [-0.25, -0.2) is 0 Å². The van der Waals surface area contributed by atoms with Crippen molar-refractivity contribution in [2.24, 2.45) is 0 Å². The van der Waals surface area contributed by atoms with Gasteiger partial charge >= 0.3 is 29.6 Å². The van der Waals surface area contributed by atoms with Crippen molar-refractivity contribution < 1.29 is 5.48 Å². The summed E-state index contributed by atoms with van der Waals surface area (Å²) in [7, 11) is 0. The van der Waals surface area contributed by atoms with Crippen molar-refractivity contribution in [2.45, 2.75) is 39.5 Å². The SMILES string of the molecule is CCCCCC.O.[NaH]. The molecule has 0 saturated carbocycles. The van der Waals surface area contributed by atoms with Crippen LogP contribution in [0.5, 0.6) is 0 Å². The minimum atomic E-state index is 0. The van der Waals surface area contributed by atoms with Crippen molar-refractivity contribution >= 4 is 29.6 Å². The van der Waals surface area contributed by atoms with Gasteiger partial charge in [0.05, 0.1) is 0 Å². The quantitative estimate of drug-likeness (QED) is 0.403. The molecule has 0 aliphatic heterocycles. The summed E-state index contributed by atoms with van der Waals surface area (Å²) >= 11 is 0. The zero-order valence-corrected chi connectivity index (χ0v) is 5.33. The van der Waals surface area contributed by atoms with E-state index in [2.05, 4.69) is 13.8 Å². The molecule has 0 bridgehead atoms. The molecule has 0 aromatic rings. The van der Waals surface area contributed by atoms with Crippen LogP contribution in [0.1, 0.15) is 39.5 Å². The molecule has 0 aromatic heterocycles. The van der Waals surface area contributed by atoms with E-state index in [1.165, 1.54) is 25.7 Å². The molecule has 0 spiro atoms. The van der Waals surface area contributed by atoms with Gasteiger partial charge in [-0.15, -0.1) is 0 Å². The van der Waals surface area contributed by atoms with E-state index in [1.54, 1.807) is 0 Å². The molecule has 0 heterocycles. The van der Waals surface area contributed by atoms with Gasteiger partial charge in [0.15, 0.2) is 0 Å². The van der Waals surface area contributed by atoms with E-state index in [0.717, 1.165) is 0 Å². The Morgan fingerprint density at radius 3 is 1.25 bits per heavy atom. The van der Waals surface area contributed by atoms with Crippen LogP contribution in [0, 0.1) is 0 Å². The van der Waals surface area contributed by atoms with E-state index in [0.29, 0.717) is 0 Å². The Bertz CT molecular complexity index is 20.5. The normalized spacial score (nSPS) is 6.75. The second kappa shape index (κ2) is 15.7. The molecule has 0 aliphatic rings. The predicted molar refractivity (Wildman–Crippen MR) is 40.6 cm³/mol. The zero-order chi connectivity index (χ0) is 4.83. The fourth-order valence-electron chi connectivity index (χ4n) is 0.500. The summed E-state index contributed by atoms with van der Waals surface area (Å²) in [5.41, 5.74) is 0. The van der Waals surface area contributed by atoms with Gasteiger partial charge < -0.3 is 5.48 Å². The first-order valence-electron chi connectivity index (χ1n) is 2.91. The molecule has 0 unspecified atom stereocenters. The summed E-state index contributed by atoms with van der Waals surface area (Å²) < 4.78 is 0. The summed E-state index contributed by atoms with van der Waals surface area (Å²) in [5.74, 6) is 0. The third-order valence-electron chi connectivity index (χ3n) is 0.957. The van der Waals surface area contributed by atoms with Crippen LogP contribution in [-0.2, 0) is 0 Å². The summed E-state index contributed by atoms with van der Waals surface area (Å²) in [6, 6.07) is 0. The standard InChI is InChI=1S/C6H14.Na.H2O.H/c1-3-5-6-4-2;;;/h3-6H2,1-2H3;;1H2;. The summed E-state index contributed by atoms with van der Waals surface area (Å²) in [5, 5.41) is 0. The van der Waals surface area contributed by atoms with Crippen molar-refractivity contribution in [2.75, 3.05) is 0 Å². The third-order valence-corrected chi connectivity index (χ3v) is 0.957. The van der Waals surface area contributed by atoms with Crippen LogP contribution in [0.15, 0.2) is 0 Å². The van der Waals surface area contributed by atoms with Gasteiger partial charge in [-0.2, -0.15) is 0 Å². The van der Waals surface area contributed by atoms with E-state index in [4.69, 9.17) is 0 Å². The molecular formula is C6H17NaO. The fourth-order valence-corrected chi connectivity index (χ4v) is 0.500. The van der Waals surface area contributed by atoms with Gasteiger partial charge in [-0.1, -0.05) is 39.5 Å². The second-order valence-corrected chi connectivity index (χ2v) is 1.71. The molecule has 1 nitrogen and oxygen atoms in total. The zero-order valence-electron chi connectivity index (χ0n) is 5.33. The number of unbranched alkanes of at least 4 members (excludes halogenated alkanes) is 3. The molecule has 0 saturated heterocycles. The van der Waals surface area contributed by atoms with Gasteiger partial charge in [0.1, 0.15) is 0 Å². The van der Waals surface area contributed by atoms with E-state index >= 15 is 0 Å². The monoisotopic (exact) mass is 128 g/mol. The van der Waals surface area contributed by atoms with Crippen LogP contribution in [0.2, 0.25) is 0 Å². The second-order valence-electron chi connectivity index (χ2n) is 1.71. The Hall–Kier alpha value is 0.960. The Morgan fingerprint density at radius 2 is 1.12 bits per heavy atom. The molecule has 2 heteroatoms. The molecule has 0 amide bonds. The first-order valence-corrected chi connectivity index (χ1v) is 2.91. The van der Waals surface area contributed by atoms with E-state index < -0.39 is 0 Å². The number of hydrogen-bond donors (Lipinski definition) is 0. The average molecular weight is 128 g/mol. The molecule has 2 N–H and O–H groups in total. The average Bonchev–Trinajstić information content (AvgIpc) is 1.61. The summed E-state index contributed by atoms with van der Waals surface area (Å²) in [4.78, 5) is 0. The minimum absolute atomic E-state index is 0. The molecule has 0 atom stereocenters. The van der Waals surface area contributed by atoms with Crippen LogP contribution < -0.4 is 0 Å². The van der Waals surface area contributed by atoms with Crippen LogP contribution in [0.25, 0.3) is 0 Å². The van der Waals surface area contributed by atoms with Crippen molar-refractivity contribution in [1.29, 1.82) is 0 Å².